The van der Waals surface area contributed by atoms with Crippen LogP contribution in [0.4, 0.5) is 0 Å². The van der Waals surface area contributed by atoms with Gasteiger partial charge in [-0.15, -0.1) is 0 Å². The molecule has 0 bridgehead atoms. The molecule has 0 aromatic rings. The third kappa shape index (κ3) is 10.9. The Labute approximate surface area is 156 Å². The smallest absolute Gasteiger partial charge is 0.327 e. The standard InChI is InChI=1S/C18H31NO4.CH2O2/c1-4-5-8-14(2)17(21-3)11-6-10-16(19)18(20)23-15-9-7-12-22-13-15;2-1-3/h6,10-11,14-16H,4-5,7-9,12-13,19H2,1-3H3;1H,(H,2,3)/b10-6+,17-11+;/t14-,15+,16-;/m0./s1. The normalized spacial score (nSPS) is 19.8. The summed E-state index contributed by atoms with van der Waals surface area (Å²) >= 11 is 0. The van der Waals surface area contributed by atoms with Crippen LogP contribution in [0.15, 0.2) is 24.0 Å². The van der Waals surface area contributed by atoms with E-state index in [1.54, 1.807) is 19.3 Å². The summed E-state index contributed by atoms with van der Waals surface area (Å²) in [6.07, 6.45) is 10.3. The minimum Gasteiger partial charge on any atom is -0.501 e. The van der Waals surface area contributed by atoms with Crippen molar-refractivity contribution in [2.24, 2.45) is 11.7 Å². The number of methoxy groups -OCH3 is 1. The minimum absolute atomic E-state index is 0.171. The van der Waals surface area contributed by atoms with Crippen molar-refractivity contribution < 1.29 is 28.9 Å². The Morgan fingerprint density at radius 1 is 1.46 bits per heavy atom. The number of carbonyl (C=O) groups is 2. The molecule has 1 heterocycles. The predicted octanol–water partition coefficient (Wildman–Crippen LogP) is 2.65. The van der Waals surface area contributed by atoms with Crippen LogP contribution in [0, 0.1) is 5.92 Å². The van der Waals surface area contributed by atoms with Gasteiger partial charge in [-0.3, -0.25) is 9.59 Å². The lowest BCUT2D eigenvalue weighted by atomic mass is 10.0. The molecule has 0 aromatic carbocycles. The third-order valence-corrected chi connectivity index (χ3v) is 3.96. The second kappa shape index (κ2) is 15.4. The Balaban J connectivity index is 0.00000194. The first-order valence-electron chi connectivity index (χ1n) is 9.04. The van der Waals surface area contributed by atoms with Crippen molar-refractivity contribution >= 4 is 12.4 Å². The van der Waals surface area contributed by atoms with E-state index in [4.69, 9.17) is 29.8 Å². The lowest BCUT2D eigenvalue weighted by Crippen LogP contribution is -2.36. The molecule has 0 radical (unpaired) electrons. The first-order valence-corrected chi connectivity index (χ1v) is 9.04. The van der Waals surface area contributed by atoms with E-state index in [1.807, 2.05) is 6.08 Å². The van der Waals surface area contributed by atoms with Gasteiger partial charge in [-0.25, -0.2) is 0 Å². The van der Waals surface area contributed by atoms with Gasteiger partial charge in [-0.1, -0.05) is 38.8 Å². The number of unbranched alkanes of at least 4 members (excludes halogenated alkanes) is 1. The van der Waals surface area contributed by atoms with Crippen LogP contribution in [0.5, 0.6) is 0 Å². The largest absolute Gasteiger partial charge is 0.501 e. The Morgan fingerprint density at radius 2 is 2.15 bits per heavy atom. The van der Waals surface area contributed by atoms with Gasteiger partial charge < -0.3 is 25.1 Å². The van der Waals surface area contributed by atoms with E-state index in [1.165, 1.54) is 12.8 Å². The molecule has 0 saturated carbocycles. The van der Waals surface area contributed by atoms with Crippen molar-refractivity contribution in [3.05, 3.63) is 24.0 Å². The number of nitrogens with two attached hydrogens (primary N) is 1. The number of ether oxygens (including phenoxy) is 3. The van der Waals surface area contributed by atoms with Gasteiger partial charge in [-0.05, 0) is 25.3 Å². The summed E-state index contributed by atoms with van der Waals surface area (Å²) in [4.78, 5) is 20.3. The van der Waals surface area contributed by atoms with E-state index in [9.17, 15) is 4.79 Å². The fourth-order valence-electron chi connectivity index (χ4n) is 2.48. The molecule has 3 atom stereocenters. The first kappa shape index (κ1) is 24.1. The van der Waals surface area contributed by atoms with Crippen molar-refractivity contribution in [2.45, 2.75) is 58.1 Å². The number of allylic oxidation sites excluding steroid dienone is 3. The Morgan fingerprint density at radius 3 is 2.69 bits per heavy atom. The average Bonchev–Trinajstić information content (AvgIpc) is 2.64. The van der Waals surface area contributed by atoms with Crippen molar-refractivity contribution in [1.82, 2.24) is 0 Å². The fraction of sp³-hybridized carbons (Fsp3) is 0.684. The summed E-state index contributed by atoms with van der Waals surface area (Å²) in [5, 5.41) is 6.89. The molecule has 1 saturated heterocycles. The average molecular weight is 371 g/mol. The highest BCUT2D eigenvalue weighted by atomic mass is 16.6. The van der Waals surface area contributed by atoms with Crippen LogP contribution >= 0.6 is 0 Å². The van der Waals surface area contributed by atoms with Crippen molar-refractivity contribution in [2.75, 3.05) is 20.3 Å². The van der Waals surface area contributed by atoms with E-state index in [2.05, 4.69) is 13.8 Å². The highest BCUT2D eigenvalue weighted by Crippen LogP contribution is 2.18. The maximum atomic E-state index is 11.9. The quantitative estimate of drug-likeness (QED) is 0.278. The zero-order chi connectivity index (χ0) is 19.8. The van der Waals surface area contributed by atoms with Gasteiger partial charge in [0.2, 0.25) is 0 Å². The van der Waals surface area contributed by atoms with Crippen LogP contribution in [0.3, 0.4) is 0 Å². The summed E-state index contributed by atoms with van der Waals surface area (Å²) in [7, 11) is 1.67. The van der Waals surface area contributed by atoms with Crippen LogP contribution in [0.2, 0.25) is 0 Å². The van der Waals surface area contributed by atoms with Gasteiger partial charge >= 0.3 is 5.97 Å². The molecule has 7 heteroatoms. The minimum atomic E-state index is -0.766. The maximum absolute atomic E-state index is 11.9. The van der Waals surface area contributed by atoms with Crippen molar-refractivity contribution in [3.63, 3.8) is 0 Å². The van der Waals surface area contributed by atoms with Gasteiger partial charge in [0, 0.05) is 12.5 Å². The number of hydrogen-bond acceptors (Lipinski definition) is 6. The molecule has 0 unspecified atom stereocenters. The van der Waals surface area contributed by atoms with E-state index >= 15 is 0 Å². The van der Waals surface area contributed by atoms with Crippen molar-refractivity contribution in [1.29, 1.82) is 0 Å². The second-order valence-electron chi connectivity index (χ2n) is 6.11. The van der Waals surface area contributed by atoms with E-state index in [0.717, 1.165) is 31.6 Å². The zero-order valence-electron chi connectivity index (χ0n) is 16.1. The zero-order valence-corrected chi connectivity index (χ0v) is 16.1. The van der Waals surface area contributed by atoms with Crippen LogP contribution in [-0.2, 0) is 23.8 Å². The molecule has 7 nitrogen and oxygen atoms in total. The number of esters is 1. The van der Waals surface area contributed by atoms with Crippen LogP contribution < -0.4 is 5.73 Å². The number of carboxylic acid groups (broad SMARTS) is 1. The topological polar surface area (TPSA) is 108 Å². The number of carbonyl (C=O) groups excluding carboxylic acids is 1. The van der Waals surface area contributed by atoms with Gasteiger partial charge in [0.1, 0.15) is 12.1 Å². The Kier molecular flexibility index (Phi) is 14.3. The lowest BCUT2D eigenvalue weighted by molar-refractivity contribution is -0.155. The highest BCUT2D eigenvalue weighted by molar-refractivity contribution is 5.78. The molecule has 1 aliphatic rings. The summed E-state index contributed by atoms with van der Waals surface area (Å²) in [6, 6.07) is -0.766. The van der Waals surface area contributed by atoms with Crippen LogP contribution in [0.25, 0.3) is 0 Å². The lowest BCUT2D eigenvalue weighted by Gasteiger charge is -2.23. The van der Waals surface area contributed by atoms with E-state index < -0.39 is 12.0 Å². The monoisotopic (exact) mass is 371 g/mol. The summed E-state index contributed by atoms with van der Waals surface area (Å²) in [5.41, 5.74) is 5.85. The van der Waals surface area contributed by atoms with E-state index in [-0.39, 0.29) is 12.6 Å². The molecule has 1 aliphatic heterocycles. The van der Waals surface area contributed by atoms with Gasteiger partial charge in [0.25, 0.3) is 6.47 Å². The molecule has 0 aromatic heterocycles. The molecule has 1 rings (SSSR count). The number of rotatable bonds is 9. The molecular weight excluding hydrogens is 338 g/mol. The maximum Gasteiger partial charge on any atom is 0.327 e. The van der Waals surface area contributed by atoms with Crippen LogP contribution in [0.1, 0.15) is 46.0 Å². The molecule has 0 amide bonds. The van der Waals surface area contributed by atoms with E-state index in [0.29, 0.717) is 12.5 Å². The fourth-order valence-corrected chi connectivity index (χ4v) is 2.48. The van der Waals surface area contributed by atoms with Gasteiger partial charge in [0.05, 0.1) is 19.5 Å². The molecule has 3 N–H and O–H groups in total. The molecule has 150 valence electrons. The summed E-state index contributed by atoms with van der Waals surface area (Å²) in [5.74, 6) is 0.839. The molecule has 0 aliphatic carbocycles. The highest BCUT2D eigenvalue weighted by Gasteiger charge is 2.21. The molecule has 0 spiro atoms. The summed E-state index contributed by atoms with van der Waals surface area (Å²) in [6.45, 7) is 5.26. The SMILES string of the molecule is CCCC[C@H](C)/C(=C\C=C\[C@H](N)C(=O)O[C@@H]1CCCOC1)OC.O=CO. The predicted molar refractivity (Wildman–Crippen MR) is 99.5 cm³/mol. The Bertz CT molecular complexity index is 443. The van der Waals surface area contributed by atoms with Gasteiger partial charge in [-0.2, -0.15) is 0 Å². The first-order chi connectivity index (χ1) is 12.5. The second-order valence-corrected chi connectivity index (χ2v) is 6.11. The molecular formula is C19H33NO6. The Hall–Kier alpha value is -1.86. The third-order valence-electron chi connectivity index (χ3n) is 3.96. The van der Waals surface area contributed by atoms with Crippen molar-refractivity contribution in [3.8, 4) is 0 Å². The molecule has 26 heavy (non-hydrogen) atoms. The van der Waals surface area contributed by atoms with Crippen LogP contribution in [-0.4, -0.2) is 50.0 Å². The van der Waals surface area contributed by atoms with Gasteiger partial charge in [0.15, 0.2) is 0 Å². The number of hydrogen-bond donors (Lipinski definition) is 2. The summed E-state index contributed by atoms with van der Waals surface area (Å²) < 4.78 is 16.0. The molecule has 1 fully saturated rings.